The molecular formula is C13H17N3S. The van der Waals surface area contributed by atoms with Gasteiger partial charge in [-0.1, -0.05) is 24.8 Å². The molecule has 3 nitrogen and oxygen atoms in total. The first-order valence-electron chi connectivity index (χ1n) is 5.77. The van der Waals surface area contributed by atoms with Crippen molar-refractivity contribution in [3.63, 3.8) is 0 Å². The predicted molar refractivity (Wildman–Crippen MR) is 71.3 cm³/mol. The molecule has 2 aromatic rings. The Bertz CT molecular complexity index is 466. The molecule has 1 aromatic carbocycles. The summed E-state index contributed by atoms with van der Waals surface area (Å²) < 4.78 is 0. The molecule has 0 bridgehead atoms. The summed E-state index contributed by atoms with van der Waals surface area (Å²) in [6.07, 6.45) is 3.61. The predicted octanol–water partition coefficient (Wildman–Crippen LogP) is 2.98. The van der Waals surface area contributed by atoms with Gasteiger partial charge < -0.3 is 10.3 Å². The molecule has 17 heavy (non-hydrogen) atoms. The van der Waals surface area contributed by atoms with Crippen LogP contribution in [0, 0.1) is 6.92 Å². The average Bonchev–Trinajstić information content (AvgIpc) is 2.81. The van der Waals surface area contributed by atoms with E-state index in [1.165, 1.54) is 16.0 Å². The Kier molecular flexibility index (Phi) is 4.23. The summed E-state index contributed by atoms with van der Waals surface area (Å²) >= 11 is 1.65. The summed E-state index contributed by atoms with van der Waals surface area (Å²) in [5.74, 6) is 0. The number of hydrogen-bond acceptors (Lipinski definition) is 3. The largest absolute Gasteiger partial charge is 0.339 e. The van der Waals surface area contributed by atoms with Crippen molar-refractivity contribution < 1.29 is 0 Å². The van der Waals surface area contributed by atoms with Crippen molar-refractivity contribution in [1.82, 2.24) is 15.3 Å². The molecule has 1 aromatic heterocycles. The number of aromatic nitrogens is 2. The zero-order valence-corrected chi connectivity index (χ0v) is 11.0. The molecule has 0 aliphatic carbocycles. The van der Waals surface area contributed by atoms with E-state index in [4.69, 9.17) is 0 Å². The highest BCUT2D eigenvalue weighted by Gasteiger charge is 2.02. The van der Waals surface area contributed by atoms with Crippen molar-refractivity contribution in [3.8, 4) is 0 Å². The lowest BCUT2D eigenvalue weighted by Crippen LogP contribution is -2.12. The van der Waals surface area contributed by atoms with Crippen LogP contribution in [-0.2, 0) is 6.54 Å². The van der Waals surface area contributed by atoms with Crippen LogP contribution in [0.4, 0.5) is 0 Å². The minimum absolute atomic E-state index is 0.934. The molecule has 0 aliphatic heterocycles. The van der Waals surface area contributed by atoms with Crippen molar-refractivity contribution >= 4 is 11.8 Å². The number of aryl methyl sites for hydroxylation is 1. The van der Waals surface area contributed by atoms with Gasteiger partial charge in [0, 0.05) is 23.8 Å². The maximum Gasteiger partial charge on any atom is 0.170 e. The first kappa shape index (κ1) is 12.2. The van der Waals surface area contributed by atoms with Crippen LogP contribution in [0.2, 0.25) is 0 Å². The van der Waals surface area contributed by atoms with E-state index in [1.54, 1.807) is 18.0 Å². The third kappa shape index (κ3) is 3.35. The molecular weight excluding hydrogens is 230 g/mol. The van der Waals surface area contributed by atoms with Gasteiger partial charge in [-0.05, 0) is 36.7 Å². The van der Waals surface area contributed by atoms with Crippen molar-refractivity contribution in [2.75, 3.05) is 6.54 Å². The molecule has 0 radical (unpaired) electrons. The third-order valence-electron chi connectivity index (χ3n) is 2.57. The number of imidazole rings is 1. The number of hydrogen-bond donors (Lipinski definition) is 2. The number of H-pyrrole nitrogens is 1. The lowest BCUT2D eigenvalue weighted by molar-refractivity contribution is 0.723. The second-order valence-corrected chi connectivity index (χ2v) is 4.93. The van der Waals surface area contributed by atoms with Crippen LogP contribution in [0.5, 0.6) is 0 Å². The molecule has 0 saturated heterocycles. The number of aromatic amines is 1. The molecule has 0 unspecified atom stereocenters. The second kappa shape index (κ2) is 5.89. The molecule has 1 heterocycles. The Morgan fingerprint density at radius 3 is 2.94 bits per heavy atom. The highest BCUT2D eigenvalue weighted by molar-refractivity contribution is 7.99. The highest BCUT2D eigenvalue weighted by atomic mass is 32.2. The van der Waals surface area contributed by atoms with Crippen molar-refractivity contribution in [3.05, 3.63) is 41.7 Å². The van der Waals surface area contributed by atoms with E-state index in [-0.39, 0.29) is 0 Å². The topological polar surface area (TPSA) is 40.7 Å². The maximum atomic E-state index is 4.21. The Balaban J connectivity index is 2.08. The van der Waals surface area contributed by atoms with E-state index in [9.17, 15) is 0 Å². The van der Waals surface area contributed by atoms with Crippen LogP contribution in [0.15, 0.2) is 40.6 Å². The van der Waals surface area contributed by atoms with Gasteiger partial charge in [-0.2, -0.15) is 0 Å². The number of nitrogens with zero attached hydrogens (tertiary/aromatic N) is 1. The fourth-order valence-corrected chi connectivity index (χ4v) is 2.44. The number of benzene rings is 1. The molecule has 2 N–H and O–H groups in total. The molecule has 0 fully saturated rings. The fraction of sp³-hybridized carbons (Fsp3) is 0.308. The van der Waals surface area contributed by atoms with Crippen molar-refractivity contribution in [2.45, 2.75) is 30.4 Å². The van der Waals surface area contributed by atoms with Gasteiger partial charge in [-0.25, -0.2) is 4.98 Å². The molecule has 0 spiro atoms. The second-order valence-electron chi connectivity index (χ2n) is 3.87. The van der Waals surface area contributed by atoms with E-state index in [1.807, 2.05) is 6.20 Å². The van der Waals surface area contributed by atoms with Gasteiger partial charge in [0.15, 0.2) is 5.16 Å². The summed E-state index contributed by atoms with van der Waals surface area (Å²) in [4.78, 5) is 8.52. The summed E-state index contributed by atoms with van der Waals surface area (Å²) in [6.45, 7) is 6.21. The maximum absolute atomic E-state index is 4.21. The van der Waals surface area contributed by atoms with Gasteiger partial charge >= 0.3 is 0 Å². The van der Waals surface area contributed by atoms with Crippen LogP contribution in [0.25, 0.3) is 0 Å². The Hall–Kier alpha value is -1.26. The Morgan fingerprint density at radius 2 is 2.29 bits per heavy atom. The molecule has 4 heteroatoms. The van der Waals surface area contributed by atoms with Crippen LogP contribution in [0.3, 0.4) is 0 Å². The number of nitrogens with one attached hydrogen (secondary N) is 2. The van der Waals surface area contributed by atoms with Crippen LogP contribution in [-0.4, -0.2) is 16.5 Å². The zero-order valence-electron chi connectivity index (χ0n) is 10.2. The summed E-state index contributed by atoms with van der Waals surface area (Å²) in [6, 6.07) is 6.54. The molecule has 2 rings (SSSR count). The number of rotatable bonds is 5. The third-order valence-corrected chi connectivity index (χ3v) is 3.47. The standard InChI is InChI=1S/C13H17N3S/c1-3-14-9-11-4-5-12(8-10(11)2)17-13-15-6-7-16-13/h4-8,14H,3,9H2,1-2H3,(H,15,16). The van der Waals surface area contributed by atoms with Crippen LogP contribution >= 0.6 is 11.8 Å². The van der Waals surface area contributed by atoms with Crippen LogP contribution < -0.4 is 5.32 Å². The van der Waals surface area contributed by atoms with Crippen molar-refractivity contribution in [2.24, 2.45) is 0 Å². The van der Waals surface area contributed by atoms with E-state index >= 15 is 0 Å². The molecule has 90 valence electrons. The molecule has 0 atom stereocenters. The van der Waals surface area contributed by atoms with Gasteiger partial charge in [0.2, 0.25) is 0 Å². The lowest BCUT2D eigenvalue weighted by atomic mass is 10.1. The minimum atomic E-state index is 0.934. The van der Waals surface area contributed by atoms with Crippen LogP contribution in [0.1, 0.15) is 18.1 Å². The SMILES string of the molecule is CCNCc1ccc(Sc2ncc[nH]2)cc1C. The zero-order chi connectivity index (χ0) is 12.1. The first-order chi connectivity index (χ1) is 8.29. The van der Waals surface area contributed by atoms with Gasteiger partial charge in [0.1, 0.15) is 0 Å². The summed E-state index contributed by atoms with van der Waals surface area (Å²) in [7, 11) is 0. The quantitative estimate of drug-likeness (QED) is 0.853. The Labute approximate surface area is 106 Å². The van der Waals surface area contributed by atoms with E-state index in [0.717, 1.165) is 18.2 Å². The van der Waals surface area contributed by atoms with Gasteiger partial charge in [-0.15, -0.1) is 0 Å². The van der Waals surface area contributed by atoms with E-state index in [2.05, 4.69) is 47.3 Å². The fourth-order valence-electron chi connectivity index (χ4n) is 1.61. The van der Waals surface area contributed by atoms with Gasteiger partial charge in [0.05, 0.1) is 0 Å². The first-order valence-corrected chi connectivity index (χ1v) is 6.58. The monoisotopic (exact) mass is 247 g/mol. The van der Waals surface area contributed by atoms with E-state index in [0.29, 0.717) is 0 Å². The Morgan fingerprint density at radius 1 is 1.41 bits per heavy atom. The van der Waals surface area contributed by atoms with Gasteiger partial charge in [0.25, 0.3) is 0 Å². The van der Waals surface area contributed by atoms with Crippen molar-refractivity contribution in [1.29, 1.82) is 0 Å². The summed E-state index contributed by atoms with van der Waals surface area (Å²) in [5.41, 5.74) is 2.68. The smallest absolute Gasteiger partial charge is 0.170 e. The molecule has 0 saturated carbocycles. The van der Waals surface area contributed by atoms with E-state index < -0.39 is 0 Å². The normalized spacial score (nSPS) is 10.7. The molecule has 0 aliphatic rings. The minimum Gasteiger partial charge on any atom is -0.339 e. The lowest BCUT2D eigenvalue weighted by Gasteiger charge is -2.08. The summed E-state index contributed by atoms with van der Waals surface area (Å²) in [5, 5.41) is 4.28. The molecule has 0 amide bonds. The van der Waals surface area contributed by atoms with Gasteiger partial charge in [-0.3, -0.25) is 0 Å². The highest BCUT2D eigenvalue weighted by Crippen LogP contribution is 2.26. The average molecular weight is 247 g/mol.